The van der Waals surface area contributed by atoms with E-state index in [0.29, 0.717) is 33.3 Å². The topological polar surface area (TPSA) is 104 Å². The molecule has 2 aromatic carbocycles. The molecule has 0 saturated heterocycles. The van der Waals surface area contributed by atoms with Crippen LogP contribution in [0.25, 0.3) is 22.6 Å². The summed E-state index contributed by atoms with van der Waals surface area (Å²) in [6.45, 7) is 1.98. The first kappa shape index (κ1) is 23.5. The zero-order valence-corrected chi connectivity index (χ0v) is 20.1. The minimum Gasteiger partial charge on any atom is -0.497 e. The van der Waals surface area contributed by atoms with Crippen LogP contribution in [-0.4, -0.2) is 41.5 Å². The molecule has 0 aliphatic rings. The maximum atomic E-state index is 12.7. The van der Waals surface area contributed by atoms with E-state index in [1.165, 1.54) is 11.3 Å². The Hall–Kier alpha value is -3.63. The predicted molar refractivity (Wildman–Crippen MR) is 131 cm³/mol. The number of anilines is 1. The largest absolute Gasteiger partial charge is 0.497 e. The molecule has 2 aromatic heterocycles. The number of benzene rings is 2. The van der Waals surface area contributed by atoms with Gasteiger partial charge in [0.2, 0.25) is 11.8 Å². The smallest absolute Gasteiger partial charge is 0.341 e. The molecule has 0 aliphatic carbocycles. The number of esters is 1. The van der Waals surface area contributed by atoms with Crippen molar-refractivity contribution in [2.24, 2.45) is 0 Å². The Morgan fingerprint density at radius 3 is 2.65 bits per heavy atom. The summed E-state index contributed by atoms with van der Waals surface area (Å²) in [6, 6.07) is 16.7. The molecule has 0 fully saturated rings. The van der Waals surface area contributed by atoms with Crippen molar-refractivity contribution in [2.75, 3.05) is 24.8 Å². The van der Waals surface area contributed by atoms with Crippen LogP contribution in [0.5, 0.6) is 5.75 Å². The summed E-state index contributed by atoms with van der Waals surface area (Å²) in [6.07, 6.45) is 0. The fraction of sp³-hybridized carbons (Fsp3) is 0.167. The van der Waals surface area contributed by atoms with Gasteiger partial charge < -0.3 is 19.2 Å². The second-order valence-electron chi connectivity index (χ2n) is 6.88. The highest BCUT2D eigenvalue weighted by Crippen LogP contribution is 2.36. The molecule has 10 heteroatoms. The highest BCUT2D eigenvalue weighted by Gasteiger charge is 2.23. The van der Waals surface area contributed by atoms with Gasteiger partial charge in [-0.15, -0.1) is 21.5 Å². The van der Waals surface area contributed by atoms with Gasteiger partial charge in [0.25, 0.3) is 5.22 Å². The van der Waals surface area contributed by atoms with Gasteiger partial charge in [-0.05, 0) is 30.7 Å². The number of methoxy groups -OCH3 is 1. The standard InChI is InChI=1S/C24H21N3O5S2/c1-3-31-23(29)20-18(15-8-5-4-6-9-15)13-33-22(20)25-19(28)14-34-24-27-26-21(32-24)16-10-7-11-17(12-16)30-2/h4-13H,3,14H2,1-2H3,(H,25,28). The molecule has 1 amide bonds. The third-order valence-electron chi connectivity index (χ3n) is 4.66. The van der Waals surface area contributed by atoms with Crippen molar-refractivity contribution >= 4 is 40.0 Å². The number of carbonyl (C=O) groups is 2. The van der Waals surface area contributed by atoms with Crippen molar-refractivity contribution in [3.05, 3.63) is 65.5 Å². The first-order chi connectivity index (χ1) is 16.6. The Balaban J connectivity index is 1.45. The van der Waals surface area contributed by atoms with Gasteiger partial charge in [0.15, 0.2) is 0 Å². The first-order valence-corrected chi connectivity index (χ1v) is 12.2. The molecule has 4 aromatic rings. The Morgan fingerprint density at radius 2 is 1.88 bits per heavy atom. The lowest BCUT2D eigenvalue weighted by Gasteiger charge is -2.08. The first-order valence-electron chi connectivity index (χ1n) is 10.3. The summed E-state index contributed by atoms with van der Waals surface area (Å²) in [5, 5.41) is 13.4. The molecule has 0 bridgehead atoms. The van der Waals surface area contributed by atoms with Crippen molar-refractivity contribution in [1.29, 1.82) is 0 Å². The summed E-state index contributed by atoms with van der Waals surface area (Å²) >= 11 is 2.38. The van der Waals surface area contributed by atoms with E-state index in [0.717, 1.165) is 17.3 Å². The number of hydrogen-bond donors (Lipinski definition) is 1. The molecule has 0 aliphatic heterocycles. The number of rotatable bonds is 9. The van der Waals surface area contributed by atoms with Gasteiger partial charge in [-0.25, -0.2) is 4.79 Å². The maximum absolute atomic E-state index is 12.7. The molecule has 0 radical (unpaired) electrons. The van der Waals surface area contributed by atoms with E-state index in [1.807, 2.05) is 53.9 Å². The Bertz CT molecular complexity index is 1290. The predicted octanol–water partition coefficient (Wildman–Crippen LogP) is 5.38. The highest BCUT2D eigenvalue weighted by atomic mass is 32.2. The van der Waals surface area contributed by atoms with Crippen molar-refractivity contribution < 1.29 is 23.5 Å². The summed E-state index contributed by atoms with van der Waals surface area (Å²) in [4.78, 5) is 25.3. The average Bonchev–Trinajstić information content (AvgIpc) is 3.51. The number of thioether (sulfide) groups is 1. The van der Waals surface area contributed by atoms with Crippen LogP contribution in [0.3, 0.4) is 0 Å². The summed E-state index contributed by atoms with van der Waals surface area (Å²) < 4.78 is 16.1. The minimum atomic E-state index is -0.481. The number of nitrogens with one attached hydrogen (secondary N) is 1. The molecule has 2 heterocycles. The number of ether oxygens (including phenoxy) is 2. The number of carbonyl (C=O) groups excluding carboxylic acids is 2. The monoisotopic (exact) mass is 495 g/mol. The van der Waals surface area contributed by atoms with Crippen molar-refractivity contribution in [3.8, 4) is 28.3 Å². The SMILES string of the molecule is CCOC(=O)c1c(-c2ccccc2)csc1NC(=O)CSc1nnc(-c2cccc(OC)c2)o1. The number of amides is 1. The van der Waals surface area contributed by atoms with Gasteiger partial charge in [-0.3, -0.25) is 4.79 Å². The quantitative estimate of drug-likeness (QED) is 0.244. The van der Waals surface area contributed by atoms with Crippen molar-refractivity contribution in [2.45, 2.75) is 12.1 Å². The molecular formula is C24H21N3O5S2. The third-order valence-corrected chi connectivity index (χ3v) is 6.37. The second-order valence-corrected chi connectivity index (χ2v) is 8.69. The maximum Gasteiger partial charge on any atom is 0.341 e. The molecule has 34 heavy (non-hydrogen) atoms. The molecule has 0 atom stereocenters. The Labute approximate surface area is 204 Å². The second kappa shape index (κ2) is 11.0. The molecule has 4 rings (SSSR count). The minimum absolute atomic E-state index is 0.0284. The fourth-order valence-electron chi connectivity index (χ4n) is 3.12. The summed E-state index contributed by atoms with van der Waals surface area (Å²) in [5.41, 5.74) is 2.64. The van der Waals surface area contributed by atoms with Crippen molar-refractivity contribution in [3.63, 3.8) is 0 Å². The van der Waals surface area contributed by atoms with E-state index in [2.05, 4.69) is 15.5 Å². The molecule has 0 saturated carbocycles. The van der Waals surface area contributed by atoms with Crippen LogP contribution in [0.15, 0.2) is 69.6 Å². The number of hydrogen-bond acceptors (Lipinski definition) is 9. The zero-order valence-electron chi connectivity index (χ0n) is 18.4. The van der Waals surface area contributed by atoms with Crippen LogP contribution in [0, 0.1) is 0 Å². The van der Waals surface area contributed by atoms with Crippen LogP contribution in [-0.2, 0) is 9.53 Å². The van der Waals surface area contributed by atoms with E-state index in [-0.39, 0.29) is 23.5 Å². The van der Waals surface area contributed by atoms with Gasteiger partial charge in [-0.2, -0.15) is 0 Å². The summed E-state index contributed by atoms with van der Waals surface area (Å²) in [5.74, 6) is 0.244. The molecule has 8 nitrogen and oxygen atoms in total. The molecular weight excluding hydrogens is 474 g/mol. The number of thiophene rings is 1. The normalized spacial score (nSPS) is 10.6. The van der Waals surface area contributed by atoms with Crippen LogP contribution in [0.2, 0.25) is 0 Å². The summed E-state index contributed by atoms with van der Waals surface area (Å²) in [7, 11) is 1.58. The van der Waals surface area contributed by atoms with E-state index >= 15 is 0 Å². The van der Waals surface area contributed by atoms with Gasteiger partial charge >= 0.3 is 5.97 Å². The molecule has 0 unspecified atom stereocenters. The van der Waals surface area contributed by atoms with E-state index < -0.39 is 5.97 Å². The Morgan fingerprint density at radius 1 is 1.09 bits per heavy atom. The van der Waals surface area contributed by atoms with Gasteiger partial charge in [0.1, 0.15) is 16.3 Å². The average molecular weight is 496 g/mol. The van der Waals surface area contributed by atoms with E-state index in [1.54, 1.807) is 20.1 Å². The molecule has 174 valence electrons. The van der Waals surface area contributed by atoms with E-state index in [9.17, 15) is 9.59 Å². The number of nitrogens with zero attached hydrogens (tertiary/aromatic N) is 2. The fourth-order valence-corrected chi connectivity index (χ4v) is 4.65. The third kappa shape index (κ3) is 5.46. The van der Waals surface area contributed by atoms with Crippen LogP contribution in [0.1, 0.15) is 17.3 Å². The number of aromatic nitrogens is 2. The lowest BCUT2D eigenvalue weighted by atomic mass is 10.0. The molecule has 0 spiro atoms. The lowest BCUT2D eigenvalue weighted by Crippen LogP contribution is -2.16. The van der Waals surface area contributed by atoms with Crippen LogP contribution < -0.4 is 10.1 Å². The van der Waals surface area contributed by atoms with Gasteiger partial charge in [-0.1, -0.05) is 48.2 Å². The van der Waals surface area contributed by atoms with Gasteiger partial charge in [0.05, 0.1) is 19.5 Å². The Kier molecular flexibility index (Phi) is 7.61. The lowest BCUT2D eigenvalue weighted by molar-refractivity contribution is -0.113. The van der Waals surface area contributed by atoms with Gasteiger partial charge in [0, 0.05) is 16.5 Å². The van der Waals surface area contributed by atoms with E-state index in [4.69, 9.17) is 13.9 Å². The zero-order chi connectivity index (χ0) is 23.9. The highest BCUT2D eigenvalue weighted by molar-refractivity contribution is 7.99. The van der Waals surface area contributed by atoms with Crippen LogP contribution >= 0.6 is 23.1 Å². The van der Waals surface area contributed by atoms with Crippen LogP contribution in [0.4, 0.5) is 5.00 Å². The molecule has 1 N–H and O–H groups in total. The van der Waals surface area contributed by atoms with Crippen molar-refractivity contribution in [1.82, 2.24) is 10.2 Å².